The molecule has 3 rings (SSSR count). The number of guanidine groups is 1. The van der Waals surface area contributed by atoms with Crippen LogP contribution in [0.1, 0.15) is 16.7 Å². The zero-order valence-corrected chi connectivity index (χ0v) is 18.2. The highest BCUT2D eigenvalue weighted by molar-refractivity contribution is 14.0. The van der Waals surface area contributed by atoms with E-state index in [1.54, 1.807) is 25.8 Å². The Labute approximate surface area is 177 Å². The van der Waals surface area contributed by atoms with Crippen LogP contribution < -0.4 is 5.32 Å². The van der Waals surface area contributed by atoms with Crippen LogP contribution in [-0.4, -0.2) is 39.5 Å². The number of rotatable bonds is 5. The number of aliphatic imine (C=N–C) groups is 1. The molecule has 3 aromatic rings. The summed E-state index contributed by atoms with van der Waals surface area (Å²) in [6, 6.07) is 12.4. The summed E-state index contributed by atoms with van der Waals surface area (Å²) in [4.78, 5) is 15.1. The minimum absolute atomic E-state index is 0. The molecule has 0 spiro atoms. The number of halogens is 1. The van der Waals surface area contributed by atoms with Crippen molar-refractivity contribution < 1.29 is 0 Å². The average molecular weight is 476 g/mol. The summed E-state index contributed by atoms with van der Waals surface area (Å²) in [5.74, 6) is 1.71. The molecule has 0 aliphatic rings. The van der Waals surface area contributed by atoms with Gasteiger partial charge < -0.3 is 10.2 Å². The monoisotopic (exact) mass is 476 g/mol. The first kappa shape index (κ1) is 20.9. The molecular weight excluding hydrogens is 451 g/mol. The van der Waals surface area contributed by atoms with Gasteiger partial charge in [-0.05, 0) is 24.1 Å². The lowest BCUT2D eigenvalue weighted by Gasteiger charge is -2.23. The number of aryl methyl sites for hydroxylation is 1. The molecule has 0 aliphatic carbocycles. The van der Waals surface area contributed by atoms with E-state index < -0.39 is 0 Å². The maximum atomic E-state index is 4.48. The lowest BCUT2D eigenvalue weighted by Crippen LogP contribution is -2.38. The number of hydrogen-bond acceptors (Lipinski definition) is 3. The molecule has 0 fully saturated rings. The van der Waals surface area contributed by atoms with Gasteiger partial charge in [0, 0.05) is 51.3 Å². The molecule has 2 heterocycles. The van der Waals surface area contributed by atoms with Gasteiger partial charge in [-0.2, -0.15) is 0 Å². The Morgan fingerprint density at radius 3 is 2.63 bits per heavy atom. The van der Waals surface area contributed by atoms with Crippen molar-refractivity contribution in [3.8, 4) is 5.82 Å². The van der Waals surface area contributed by atoms with Gasteiger partial charge in [0.05, 0.1) is 0 Å². The van der Waals surface area contributed by atoms with Gasteiger partial charge in [0.1, 0.15) is 12.1 Å². The first-order valence-electron chi connectivity index (χ1n) is 8.57. The number of hydrogen-bond donors (Lipinski definition) is 1. The number of pyridine rings is 1. The molecule has 0 bridgehead atoms. The summed E-state index contributed by atoms with van der Waals surface area (Å²) in [6.45, 7) is 3.56. The third-order valence-corrected chi connectivity index (χ3v) is 4.30. The van der Waals surface area contributed by atoms with Gasteiger partial charge in [-0.25, -0.2) is 9.97 Å². The van der Waals surface area contributed by atoms with Crippen LogP contribution >= 0.6 is 24.0 Å². The van der Waals surface area contributed by atoms with Gasteiger partial charge in [0.2, 0.25) is 0 Å². The van der Waals surface area contributed by atoms with Crippen molar-refractivity contribution in [2.45, 2.75) is 20.0 Å². The Hall–Kier alpha value is -2.42. The van der Waals surface area contributed by atoms with Crippen molar-refractivity contribution in [1.29, 1.82) is 0 Å². The molecule has 2 aromatic heterocycles. The fourth-order valence-electron chi connectivity index (χ4n) is 2.86. The third kappa shape index (κ3) is 5.29. The lowest BCUT2D eigenvalue weighted by atomic mass is 10.1. The van der Waals surface area contributed by atoms with Crippen LogP contribution in [0.4, 0.5) is 0 Å². The summed E-state index contributed by atoms with van der Waals surface area (Å²) in [5.41, 5.74) is 3.65. The van der Waals surface area contributed by atoms with E-state index in [-0.39, 0.29) is 24.0 Å². The predicted octanol–water partition coefficient (Wildman–Crippen LogP) is 3.40. The Morgan fingerprint density at radius 1 is 1.15 bits per heavy atom. The average Bonchev–Trinajstić information content (AvgIpc) is 3.19. The summed E-state index contributed by atoms with van der Waals surface area (Å²) in [5, 5.41) is 3.43. The molecule has 1 N–H and O–H groups in total. The number of imidazole rings is 1. The van der Waals surface area contributed by atoms with Crippen molar-refractivity contribution in [2.75, 3.05) is 14.1 Å². The molecule has 142 valence electrons. The van der Waals surface area contributed by atoms with E-state index in [2.05, 4.69) is 62.4 Å². The molecule has 0 radical (unpaired) electrons. The number of nitrogens with zero attached hydrogens (tertiary/aromatic N) is 5. The second kappa shape index (κ2) is 10.1. The van der Waals surface area contributed by atoms with Crippen LogP contribution in [0.25, 0.3) is 5.82 Å². The van der Waals surface area contributed by atoms with Crippen molar-refractivity contribution in [3.63, 3.8) is 0 Å². The van der Waals surface area contributed by atoms with E-state index in [0.29, 0.717) is 6.54 Å². The van der Waals surface area contributed by atoms with E-state index in [4.69, 9.17) is 0 Å². The fraction of sp³-hybridized carbons (Fsp3) is 0.250. The number of benzene rings is 1. The van der Waals surface area contributed by atoms with Crippen molar-refractivity contribution in [1.82, 2.24) is 24.8 Å². The van der Waals surface area contributed by atoms with Gasteiger partial charge in [-0.3, -0.25) is 9.56 Å². The standard InChI is InChI=1S/C20H24N6.HI/c1-16-7-4-5-8-18(16)14-25(3)20(21-2)24-13-17-9-6-10-23-19(17)26-12-11-22-15-26;/h4-12,15H,13-14H2,1-3H3,(H,21,24);1H. The highest BCUT2D eigenvalue weighted by atomic mass is 127. The molecule has 0 aliphatic heterocycles. The highest BCUT2D eigenvalue weighted by Crippen LogP contribution is 2.12. The summed E-state index contributed by atoms with van der Waals surface area (Å²) < 4.78 is 1.91. The molecule has 0 unspecified atom stereocenters. The van der Waals surface area contributed by atoms with Crippen LogP contribution in [0.15, 0.2) is 66.3 Å². The Bertz CT molecular complexity index is 876. The molecular formula is C20H25IN6. The van der Waals surface area contributed by atoms with Gasteiger partial charge in [0.15, 0.2) is 5.96 Å². The summed E-state index contributed by atoms with van der Waals surface area (Å²) >= 11 is 0. The van der Waals surface area contributed by atoms with Gasteiger partial charge in [-0.15, -0.1) is 24.0 Å². The smallest absolute Gasteiger partial charge is 0.193 e. The minimum atomic E-state index is 0. The topological polar surface area (TPSA) is 58.3 Å². The van der Waals surface area contributed by atoms with E-state index >= 15 is 0 Å². The van der Waals surface area contributed by atoms with Crippen LogP contribution in [0, 0.1) is 6.92 Å². The Kier molecular flexibility index (Phi) is 7.78. The molecule has 0 saturated heterocycles. The van der Waals surface area contributed by atoms with Crippen LogP contribution in [0.3, 0.4) is 0 Å². The third-order valence-electron chi connectivity index (χ3n) is 4.30. The van der Waals surface area contributed by atoms with E-state index in [1.165, 1.54) is 11.1 Å². The van der Waals surface area contributed by atoms with Gasteiger partial charge in [-0.1, -0.05) is 30.3 Å². The second-order valence-electron chi connectivity index (χ2n) is 6.14. The van der Waals surface area contributed by atoms with Crippen molar-refractivity contribution in [3.05, 3.63) is 78.0 Å². The van der Waals surface area contributed by atoms with Gasteiger partial charge >= 0.3 is 0 Å². The van der Waals surface area contributed by atoms with Crippen LogP contribution in [0.2, 0.25) is 0 Å². The van der Waals surface area contributed by atoms with E-state index in [1.807, 2.05) is 23.9 Å². The predicted molar refractivity (Wildman–Crippen MR) is 120 cm³/mol. The molecule has 7 heteroatoms. The van der Waals surface area contributed by atoms with Gasteiger partial charge in [0.25, 0.3) is 0 Å². The largest absolute Gasteiger partial charge is 0.352 e. The zero-order chi connectivity index (χ0) is 18.4. The highest BCUT2D eigenvalue weighted by Gasteiger charge is 2.10. The first-order chi connectivity index (χ1) is 12.7. The van der Waals surface area contributed by atoms with E-state index in [9.17, 15) is 0 Å². The molecule has 1 aromatic carbocycles. The summed E-state index contributed by atoms with van der Waals surface area (Å²) in [6.07, 6.45) is 7.19. The van der Waals surface area contributed by atoms with Crippen LogP contribution in [0.5, 0.6) is 0 Å². The summed E-state index contributed by atoms with van der Waals surface area (Å²) in [7, 11) is 3.85. The Morgan fingerprint density at radius 2 is 1.93 bits per heavy atom. The molecule has 0 amide bonds. The molecule has 0 atom stereocenters. The quantitative estimate of drug-likeness (QED) is 0.349. The maximum absolute atomic E-state index is 4.48. The fourth-order valence-corrected chi connectivity index (χ4v) is 2.86. The van der Waals surface area contributed by atoms with Crippen molar-refractivity contribution >= 4 is 29.9 Å². The van der Waals surface area contributed by atoms with E-state index in [0.717, 1.165) is 23.9 Å². The normalized spacial score (nSPS) is 11.0. The first-order valence-corrected chi connectivity index (χ1v) is 8.57. The molecule has 0 saturated carbocycles. The zero-order valence-electron chi connectivity index (χ0n) is 15.8. The van der Waals surface area contributed by atoms with Crippen LogP contribution in [-0.2, 0) is 13.1 Å². The number of nitrogens with one attached hydrogen (secondary N) is 1. The lowest BCUT2D eigenvalue weighted by molar-refractivity contribution is 0.475. The Balaban J connectivity index is 0.00000261. The SMILES string of the molecule is CN=C(NCc1cccnc1-n1ccnc1)N(C)Cc1ccccc1C.I. The second-order valence-corrected chi connectivity index (χ2v) is 6.14. The molecule has 6 nitrogen and oxygen atoms in total. The molecule has 27 heavy (non-hydrogen) atoms. The maximum Gasteiger partial charge on any atom is 0.193 e. The number of aromatic nitrogens is 3. The van der Waals surface area contributed by atoms with Crippen molar-refractivity contribution in [2.24, 2.45) is 4.99 Å². The minimum Gasteiger partial charge on any atom is -0.352 e.